The number of halogens is 1. The lowest BCUT2D eigenvalue weighted by molar-refractivity contribution is -0.126. The van der Waals surface area contributed by atoms with Gasteiger partial charge in [0.15, 0.2) is 0 Å². The molecule has 42 heavy (non-hydrogen) atoms. The minimum atomic E-state index is -0.514. The van der Waals surface area contributed by atoms with Crippen molar-refractivity contribution in [2.24, 2.45) is 13.0 Å². The molecule has 2 aromatic heterocycles. The molecule has 1 fully saturated rings. The van der Waals surface area contributed by atoms with Gasteiger partial charge in [0, 0.05) is 61.2 Å². The summed E-state index contributed by atoms with van der Waals surface area (Å²) in [6.45, 7) is 7.70. The number of pyridine rings is 1. The Labute approximate surface area is 249 Å². The number of carbonyl (C=O) groups is 2. The smallest absolute Gasteiger partial charge is 0.279 e. The minimum Gasteiger partial charge on any atom is -0.481 e. The van der Waals surface area contributed by atoms with E-state index in [0.29, 0.717) is 28.8 Å². The van der Waals surface area contributed by atoms with Crippen molar-refractivity contribution in [2.75, 3.05) is 25.5 Å². The molecule has 0 bridgehead atoms. The third-order valence-corrected chi connectivity index (χ3v) is 8.22. The van der Waals surface area contributed by atoms with Crippen LogP contribution in [-0.2, 0) is 18.4 Å². The first-order chi connectivity index (χ1) is 20.1. The molecule has 1 N–H and O–H groups in total. The summed E-state index contributed by atoms with van der Waals surface area (Å²) in [6.07, 6.45) is 1.41. The van der Waals surface area contributed by atoms with E-state index in [2.05, 4.69) is 15.3 Å². The fourth-order valence-electron chi connectivity index (χ4n) is 5.22. The number of ketones is 1. The third kappa shape index (κ3) is 5.57. The summed E-state index contributed by atoms with van der Waals surface area (Å²) in [4.78, 5) is 44.0. The van der Waals surface area contributed by atoms with Crippen LogP contribution in [0.25, 0.3) is 22.4 Å². The SMILES string of the molecule is COc1nc(-c2cccc(-c3cccc(NC(=O)c4ccnn(C)c4=O)c3C)c2Cl)cc(C)c1CN1CC(C(C)=O)C1. The molecule has 1 saturated heterocycles. The zero-order chi connectivity index (χ0) is 30.1. The van der Waals surface area contributed by atoms with E-state index in [1.807, 2.05) is 50.2 Å². The summed E-state index contributed by atoms with van der Waals surface area (Å²) < 4.78 is 6.82. The number of nitrogens with zero attached hydrogens (tertiary/aromatic N) is 4. The third-order valence-electron chi connectivity index (χ3n) is 7.81. The molecule has 2 aromatic carbocycles. The first kappa shape index (κ1) is 29.2. The number of ether oxygens (including phenoxy) is 1. The number of nitrogens with one attached hydrogen (secondary N) is 1. The van der Waals surface area contributed by atoms with Gasteiger partial charge in [0.05, 0.1) is 17.8 Å². The number of benzene rings is 2. The number of anilines is 1. The Kier molecular flexibility index (Phi) is 8.24. The van der Waals surface area contributed by atoms with Crippen molar-refractivity contribution in [1.82, 2.24) is 19.7 Å². The molecule has 0 spiro atoms. The van der Waals surface area contributed by atoms with Crippen molar-refractivity contribution in [3.8, 4) is 28.3 Å². The molecule has 1 aliphatic heterocycles. The van der Waals surface area contributed by atoms with Crippen LogP contribution in [0.1, 0.15) is 34.0 Å². The highest BCUT2D eigenvalue weighted by atomic mass is 35.5. The number of Topliss-reactive ketones (excluding diaryl/α,β-unsaturated/α-hetero) is 1. The predicted molar refractivity (Wildman–Crippen MR) is 163 cm³/mol. The second-order valence-corrected chi connectivity index (χ2v) is 11.0. The molecular weight excluding hydrogens is 554 g/mol. The van der Waals surface area contributed by atoms with Crippen LogP contribution < -0.4 is 15.6 Å². The average Bonchev–Trinajstić information content (AvgIpc) is 2.93. The lowest BCUT2D eigenvalue weighted by Gasteiger charge is -2.38. The van der Waals surface area contributed by atoms with E-state index >= 15 is 0 Å². The van der Waals surface area contributed by atoms with Gasteiger partial charge < -0.3 is 10.1 Å². The molecule has 1 aliphatic rings. The molecule has 4 aromatic rings. The molecule has 1 amide bonds. The molecule has 5 rings (SSSR count). The number of aromatic nitrogens is 3. The minimum absolute atomic E-state index is 0.00366. The fourth-order valence-corrected chi connectivity index (χ4v) is 5.54. The van der Waals surface area contributed by atoms with Crippen LogP contribution >= 0.6 is 11.6 Å². The molecule has 0 aliphatic carbocycles. The molecular formula is C32H32ClN5O4. The van der Waals surface area contributed by atoms with Crippen molar-refractivity contribution in [1.29, 1.82) is 0 Å². The van der Waals surface area contributed by atoms with E-state index in [1.165, 1.54) is 19.3 Å². The Morgan fingerprint density at radius 2 is 1.76 bits per heavy atom. The van der Waals surface area contributed by atoms with E-state index in [-0.39, 0.29) is 17.3 Å². The number of likely N-dealkylation sites (tertiary alicyclic amines) is 1. The summed E-state index contributed by atoms with van der Waals surface area (Å²) in [5.41, 5.74) is 5.94. The number of rotatable bonds is 8. The largest absolute Gasteiger partial charge is 0.481 e. The maximum atomic E-state index is 12.9. The Bertz CT molecular complexity index is 1760. The Morgan fingerprint density at radius 1 is 1.07 bits per heavy atom. The van der Waals surface area contributed by atoms with Crippen LogP contribution in [0, 0.1) is 19.8 Å². The lowest BCUT2D eigenvalue weighted by Crippen LogP contribution is -2.49. The van der Waals surface area contributed by atoms with Gasteiger partial charge in [-0.05, 0) is 55.7 Å². The van der Waals surface area contributed by atoms with Crippen LogP contribution in [0.5, 0.6) is 5.88 Å². The molecule has 0 radical (unpaired) electrons. The molecule has 216 valence electrons. The number of aryl methyl sites for hydroxylation is 2. The van der Waals surface area contributed by atoms with E-state index < -0.39 is 11.5 Å². The van der Waals surface area contributed by atoms with Crippen molar-refractivity contribution < 1.29 is 14.3 Å². The normalized spacial score (nSPS) is 13.5. The summed E-state index contributed by atoms with van der Waals surface area (Å²) in [5, 5.41) is 7.25. The molecule has 0 saturated carbocycles. The second-order valence-electron chi connectivity index (χ2n) is 10.6. The maximum absolute atomic E-state index is 12.9. The van der Waals surface area contributed by atoms with Gasteiger partial charge in [0.1, 0.15) is 11.3 Å². The first-order valence-corrected chi connectivity index (χ1v) is 14.0. The van der Waals surface area contributed by atoms with Crippen LogP contribution in [0.4, 0.5) is 5.69 Å². The number of carbonyl (C=O) groups excluding carboxylic acids is 2. The molecule has 0 unspecified atom stereocenters. The van der Waals surface area contributed by atoms with Gasteiger partial charge in [-0.15, -0.1) is 0 Å². The number of hydrogen-bond donors (Lipinski definition) is 1. The lowest BCUT2D eigenvalue weighted by atomic mass is 9.94. The highest BCUT2D eigenvalue weighted by molar-refractivity contribution is 6.36. The van der Waals surface area contributed by atoms with Gasteiger partial charge in [-0.3, -0.25) is 19.3 Å². The van der Waals surface area contributed by atoms with Crippen LogP contribution in [0.15, 0.2) is 59.5 Å². The highest BCUT2D eigenvalue weighted by Gasteiger charge is 2.31. The number of hydrogen-bond acceptors (Lipinski definition) is 7. The Morgan fingerprint density at radius 3 is 2.48 bits per heavy atom. The predicted octanol–water partition coefficient (Wildman–Crippen LogP) is 5.06. The first-order valence-electron chi connectivity index (χ1n) is 13.6. The van der Waals surface area contributed by atoms with Crippen molar-refractivity contribution in [2.45, 2.75) is 27.3 Å². The topological polar surface area (TPSA) is 106 Å². The van der Waals surface area contributed by atoms with E-state index in [4.69, 9.17) is 21.3 Å². The zero-order valence-corrected chi connectivity index (χ0v) is 25.0. The van der Waals surface area contributed by atoms with E-state index in [9.17, 15) is 14.4 Å². The molecule has 10 heteroatoms. The molecule has 0 atom stereocenters. The molecule has 3 heterocycles. The van der Waals surface area contributed by atoms with Gasteiger partial charge in [-0.1, -0.05) is 41.9 Å². The average molecular weight is 586 g/mol. The van der Waals surface area contributed by atoms with E-state index in [1.54, 1.807) is 20.1 Å². The summed E-state index contributed by atoms with van der Waals surface area (Å²) in [5.74, 6) is 0.338. The molecule has 9 nitrogen and oxygen atoms in total. The highest BCUT2D eigenvalue weighted by Crippen LogP contribution is 2.40. The van der Waals surface area contributed by atoms with Gasteiger partial charge in [-0.2, -0.15) is 5.10 Å². The second kappa shape index (κ2) is 11.9. The van der Waals surface area contributed by atoms with Gasteiger partial charge in [0.2, 0.25) is 5.88 Å². The van der Waals surface area contributed by atoms with Crippen molar-refractivity contribution >= 4 is 29.0 Å². The Balaban J connectivity index is 1.45. The van der Waals surface area contributed by atoms with Crippen LogP contribution in [0.3, 0.4) is 0 Å². The summed E-state index contributed by atoms with van der Waals surface area (Å²) in [6, 6.07) is 14.7. The standard InChI is InChI=1S/C32H32ClN5O4/c1-18-14-28(36-31(42-5)26(18)17-38-15-21(16-38)20(3)39)24-10-6-9-23(29(24)33)22-8-7-11-27(19(22)2)35-30(40)25-12-13-34-37(4)32(25)41/h6-14,21H,15-17H2,1-5H3,(H,35,40). The summed E-state index contributed by atoms with van der Waals surface area (Å²) >= 11 is 7.03. The van der Waals surface area contributed by atoms with Crippen molar-refractivity contribution in [3.05, 3.63) is 92.4 Å². The number of amides is 1. The maximum Gasteiger partial charge on any atom is 0.279 e. The quantitative estimate of drug-likeness (QED) is 0.308. The zero-order valence-electron chi connectivity index (χ0n) is 24.2. The fraction of sp³-hybridized carbons (Fsp3) is 0.281. The van der Waals surface area contributed by atoms with Crippen LogP contribution in [0.2, 0.25) is 5.02 Å². The monoisotopic (exact) mass is 585 g/mol. The van der Waals surface area contributed by atoms with Crippen LogP contribution in [-0.4, -0.2) is 51.6 Å². The van der Waals surface area contributed by atoms with Gasteiger partial charge in [0.25, 0.3) is 11.5 Å². The summed E-state index contributed by atoms with van der Waals surface area (Å²) in [7, 11) is 3.10. The Hall–Kier alpha value is -4.34. The van der Waals surface area contributed by atoms with Gasteiger partial charge in [-0.25, -0.2) is 9.67 Å². The number of methoxy groups -OCH3 is 1. The van der Waals surface area contributed by atoms with Gasteiger partial charge >= 0.3 is 0 Å². The van der Waals surface area contributed by atoms with Crippen molar-refractivity contribution in [3.63, 3.8) is 0 Å². The van der Waals surface area contributed by atoms with E-state index in [0.717, 1.165) is 51.2 Å².